The van der Waals surface area contributed by atoms with Gasteiger partial charge in [-0.05, 0) is 13.3 Å². The third-order valence-corrected chi connectivity index (χ3v) is 1.69. The van der Waals surface area contributed by atoms with Crippen molar-refractivity contribution in [1.82, 2.24) is 0 Å². The Balaban J connectivity index is 3.25. The zero-order chi connectivity index (χ0) is 7.28. The van der Waals surface area contributed by atoms with Gasteiger partial charge < -0.3 is 0 Å². The summed E-state index contributed by atoms with van der Waals surface area (Å²) in [4.78, 5) is 9.81. The lowest BCUT2D eigenvalue weighted by atomic mass is 10.2. The number of halogens is 2. The van der Waals surface area contributed by atoms with E-state index in [0.717, 1.165) is 6.42 Å². The fourth-order valence-corrected chi connectivity index (χ4v) is 1.62. The molecule has 0 N–H and O–H groups in total. The van der Waals surface area contributed by atoms with Gasteiger partial charge in [0.15, 0.2) is 0 Å². The van der Waals surface area contributed by atoms with Gasteiger partial charge in [-0.15, -0.1) is 11.6 Å². The Bertz CT molecular complexity index is 89.0. The van der Waals surface area contributed by atoms with Gasteiger partial charge in [0.1, 0.15) is 0 Å². The lowest BCUT2D eigenvalue weighted by molar-refractivity contribution is 0.759. The van der Waals surface area contributed by atoms with E-state index >= 15 is 0 Å². The van der Waals surface area contributed by atoms with Crippen LogP contribution in [0.15, 0.2) is 5.18 Å². The summed E-state index contributed by atoms with van der Waals surface area (Å²) in [7, 11) is 0. The first-order chi connectivity index (χ1) is 4.16. The molecule has 2 atom stereocenters. The van der Waals surface area contributed by atoms with Crippen LogP contribution in [-0.2, 0) is 0 Å². The van der Waals surface area contributed by atoms with Crippen molar-refractivity contribution in [3.8, 4) is 0 Å². The van der Waals surface area contributed by atoms with Gasteiger partial charge in [0.2, 0.25) is 0 Å². The van der Waals surface area contributed by atoms with Crippen molar-refractivity contribution in [2.45, 2.75) is 23.5 Å². The molecule has 0 aromatic carbocycles. The molecule has 0 saturated carbocycles. The number of hydrogen-bond donors (Lipinski definition) is 0. The van der Waals surface area contributed by atoms with E-state index in [4.69, 9.17) is 11.6 Å². The first-order valence-corrected chi connectivity index (χ1v) is 4.09. The van der Waals surface area contributed by atoms with Gasteiger partial charge in [-0.3, -0.25) is 0 Å². The molecule has 2 unspecified atom stereocenters. The molecule has 0 bridgehead atoms. The Morgan fingerprint density at radius 3 is 2.67 bits per heavy atom. The highest BCUT2D eigenvalue weighted by Gasteiger charge is 2.06. The summed E-state index contributed by atoms with van der Waals surface area (Å²) in [6.45, 7) is 2.19. The Hall–Kier alpha value is 0.370. The molecular formula is C5H9BrClNO. The fourth-order valence-electron chi connectivity index (χ4n) is 0.508. The standard InChI is InChI=1S/C5H9BrClNO/c1-4(7)2-5(6)3-8-9/h4-5H,2-3H2,1H3. The maximum atomic E-state index is 9.67. The molecule has 0 radical (unpaired) electrons. The number of nitroso groups, excluding NO2 is 1. The van der Waals surface area contributed by atoms with Gasteiger partial charge in [0.25, 0.3) is 0 Å². The fraction of sp³-hybridized carbons (Fsp3) is 1.00. The minimum Gasteiger partial charge on any atom is -0.151 e. The van der Waals surface area contributed by atoms with Gasteiger partial charge >= 0.3 is 0 Å². The smallest absolute Gasteiger partial charge is 0.0936 e. The molecule has 0 spiro atoms. The predicted molar refractivity (Wildman–Crippen MR) is 43.3 cm³/mol. The van der Waals surface area contributed by atoms with Gasteiger partial charge in [-0.1, -0.05) is 21.1 Å². The summed E-state index contributed by atoms with van der Waals surface area (Å²) in [5.74, 6) is 0. The summed E-state index contributed by atoms with van der Waals surface area (Å²) >= 11 is 8.90. The van der Waals surface area contributed by atoms with Crippen molar-refractivity contribution in [3.05, 3.63) is 4.91 Å². The van der Waals surface area contributed by atoms with Gasteiger partial charge in [0, 0.05) is 10.2 Å². The first-order valence-electron chi connectivity index (χ1n) is 2.74. The third kappa shape index (κ3) is 6.25. The van der Waals surface area contributed by atoms with E-state index in [1.165, 1.54) is 0 Å². The SMILES string of the molecule is CC(Cl)CC(Br)CN=O. The van der Waals surface area contributed by atoms with E-state index in [-0.39, 0.29) is 10.2 Å². The Morgan fingerprint density at radius 1 is 1.78 bits per heavy atom. The molecule has 0 aromatic rings. The second-order valence-corrected chi connectivity index (χ2v) is 3.97. The lowest BCUT2D eigenvalue weighted by Crippen LogP contribution is -2.07. The average Bonchev–Trinajstić information content (AvgIpc) is 1.63. The second kappa shape index (κ2) is 5.18. The number of alkyl halides is 2. The number of rotatable bonds is 4. The highest BCUT2D eigenvalue weighted by Crippen LogP contribution is 2.11. The molecule has 9 heavy (non-hydrogen) atoms. The Morgan fingerprint density at radius 2 is 2.33 bits per heavy atom. The monoisotopic (exact) mass is 213 g/mol. The molecular weight excluding hydrogens is 205 g/mol. The second-order valence-electron chi connectivity index (χ2n) is 1.93. The van der Waals surface area contributed by atoms with Crippen molar-refractivity contribution >= 4 is 27.5 Å². The summed E-state index contributed by atoms with van der Waals surface area (Å²) < 4.78 is 0. The van der Waals surface area contributed by atoms with Crippen LogP contribution in [0.5, 0.6) is 0 Å². The normalized spacial score (nSPS) is 16.8. The largest absolute Gasteiger partial charge is 0.151 e. The minimum absolute atomic E-state index is 0.108. The number of hydrogen-bond acceptors (Lipinski definition) is 2. The van der Waals surface area contributed by atoms with Crippen LogP contribution in [0.2, 0.25) is 0 Å². The van der Waals surface area contributed by atoms with Crippen LogP contribution >= 0.6 is 27.5 Å². The molecule has 0 aromatic heterocycles. The maximum Gasteiger partial charge on any atom is 0.0936 e. The summed E-state index contributed by atoms with van der Waals surface area (Å²) in [5.41, 5.74) is 0. The van der Waals surface area contributed by atoms with E-state index in [2.05, 4.69) is 21.1 Å². The summed E-state index contributed by atoms with van der Waals surface area (Å²) in [6.07, 6.45) is 0.785. The highest BCUT2D eigenvalue weighted by atomic mass is 79.9. The zero-order valence-corrected chi connectivity index (χ0v) is 7.52. The molecule has 0 aliphatic carbocycles. The van der Waals surface area contributed by atoms with Crippen LogP contribution in [-0.4, -0.2) is 16.7 Å². The van der Waals surface area contributed by atoms with Crippen LogP contribution in [0.3, 0.4) is 0 Å². The van der Waals surface area contributed by atoms with E-state index in [9.17, 15) is 4.91 Å². The first kappa shape index (κ1) is 9.37. The van der Waals surface area contributed by atoms with E-state index in [1.807, 2.05) is 6.92 Å². The van der Waals surface area contributed by atoms with E-state index in [0.29, 0.717) is 6.54 Å². The molecule has 0 amide bonds. The molecule has 0 saturated heterocycles. The minimum atomic E-state index is 0.108. The highest BCUT2D eigenvalue weighted by molar-refractivity contribution is 9.09. The van der Waals surface area contributed by atoms with Crippen molar-refractivity contribution in [3.63, 3.8) is 0 Å². The molecule has 0 aliphatic heterocycles. The Labute approximate surface area is 68.1 Å². The molecule has 2 nitrogen and oxygen atoms in total. The molecule has 4 heteroatoms. The summed E-state index contributed by atoms with van der Waals surface area (Å²) in [6, 6.07) is 0. The van der Waals surface area contributed by atoms with Gasteiger partial charge in [-0.25, -0.2) is 0 Å². The molecule has 0 heterocycles. The third-order valence-electron chi connectivity index (χ3n) is 0.853. The molecule has 54 valence electrons. The topological polar surface area (TPSA) is 29.4 Å². The van der Waals surface area contributed by atoms with Crippen molar-refractivity contribution in [2.24, 2.45) is 5.18 Å². The van der Waals surface area contributed by atoms with Crippen molar-refractivity contribution in [2.75, 3.05) is 6.54 Å². The van der Waals surface area contributed by atoms with Crippen LogP contribution in [0, 0.1) is 4.91 Å². The quantitative estimate of drug-likeness (QED) is 0.522. The number of nitrogens with zero attached hydrogens (tertiary/aromatic N) is 1. The van der Waals surface area contributed by atoms with E-state index in [1.54, 1.807) is 0 Å². The van der Waals surface area contributed by atoms with E-state index < -0.39 is 0 Å². The van der Waals surface area contributed by atoms with Crippen molar-refractivity contribution in [1.29, 1.82) is 0 Å². The Kier molecular flexibility index (Phi) is 5.39. The summed E-state index contributed by atoms with van der Waals surface area (Å²) in [5, 5.41) is 2.84. The zero-order valence-electron chi connectivity index (χ0n) is 5.18. The van der Waals surface area contributed by atoms with Crippen molar-refractivity contribution < 1.29 is 0 Å². The van der Waals surface area contributed by atoms with Crippen LogP contribution < -0.4 is 0 Å². The lowest BCUT2D eigenvalue weighted by Gasteiger charge is -2.04. The molecule has 0 fully saturated rings. The molecule has 0 aliphatic rings. The van der Waals surface area contributed by atoms with Crippen LogP contribution in [0.25, 0.3) is 0 Å². The van der Waals surface area contributed by atoms with Crippen LogP contribution in [0.4, 0.5) is 0 Å². The van der Waals surface area contributed by atoms with Gasteiger partial charge in [0.05, 0.1) is 6.54 Å². The predicted octanol–water partition coefficient (Wildman–Crippen LogP) is 2.53. The van der Waals surface area contributed by atoms with Gasteiger partial charge in [-0.2, -0.15) is 4.91 Å². The van der Waals surface area contributed by atoms with Crippen LogP contribution in [0.1, 0.15) is 13.3 Å². The average molecular weight is 214 g/mol. The maximum absolute atomic E-state index is 9.67. The molecule has 0 rings (SSSR count).